The second-order valence-corrected chi connectivity index (χ2v) is 7.00. The summed E-state index contributed by atoms with van der Waals surface area (Å²) in [4.78, 5) is 21.8. The number of carbonyl (C=O) groups is 1. The molecule has 0 aliphatic heterocycles. The van der Waals surface area contributed by atoms with Crippen LogP contribution in [0, 0.1) is 0 Å². The summed E-state index contributed by atoms with van der Waals surface area (Å²) in [5.74, 6) is 0.733. The predicted octanol–water partition coefficient (Wildman–Crippen LogP) is 4.59. The molecule has 1 heterocycles. The van der Waals surface area contributed by atoms with Crippen LogP contribution < -0.4 is 14.9 Å². The van der Waals surface area contributed by atoms with Crippen LogP contribution in [0.4, 0.5) is 0 Å². The van der Waals surface area contributed by atoms with Crippen molar-refractivity contribution in [3.05, 3.63) is 96.3 Å². The Hall–Kier alpha value is -4.52. The molecule has 1 aromatic heterocycles. The average molecular weight is 438 g/mol. The number of carbonyl (C=O) groups excluding carboxylic acids is 1. The summed E-state index contributed by atoms with van der Waals surface area (Å²) in [5, 5.41) is 4.06. The maximum absolute atomic E-state index is 12.9. The first kappa shape index (κ1) is 21.7. The Balaban J connectivity index is 1.62. The van der Waals surface area contributed by atoms with Crippen molar-refractivity contribution in [2.45, 2.75) is 0 Å². The number of methoxy groups -OCH3 is 2. The molecule has 4 rings (SSSR count). The molecule has 0 radical (unpaired) electrons. The molecule has 0 aliphatic rings. The number of hydrogen-bond acceptors (Lipinski definition) is 6. The lowest BCUT2D eigenvalue weighted by atomic mass is 10.1. The van der Waals surface area contributed by atoms with Crippen molar-refractivity contribution in [2.24, 2.45) is 5.10 Å². The molecular formula is C26H22N4O3. The van der Waals surface area contributed by atoms with Crippen molar-refractivity contribution >= 4 is 12.1 Å². The van der Waals surface area contributed by atoms with Gasteiger partial charge >= 0.3 is 5.91 Å². The van der Waals surface area contributed by atoms with Gasteiger partial charge in [0.1, 0.15) is 11.5 Å². The number of aromatic nitrogens is 2. The van der Waals surface area contributed by atoms with Crippen LogP contribution in [0.3, 0.4) is 0 Å². The molecule has 164 valence electrons. The summed E-state index contributed by atoms with van der Waals surface area (Å²) < 4.78 is 10.5. The minimum atomic E-state index is -0.520. The van der Waals surface area contributed by atoms with Crippen molar-refractivity contribution in [2.75, 3.05) is 14.2 Å². The van der Waals surface area contributed by atoms with Gasteiger partial charge in [-0.05, 0) is 18.2 Å². The molecule has 0 saturated heterocycles. The van der Waals surface area contributed by atoms with Crippen molar-refractivity contribution in [3.63, 3.8) is 0 Å². The Morgan fingerprint density at radius 2 is 1.42 bits per heavy atom. The molecule has 7 heteroatoms. The van der Waals surface area contributed by atoms with E-state index in [1.54, 1.807) is 32.4 Å². The Bertz CT molecular complexity index is 1220. The van der Waals surface area contributed by atoms with Gasteiger partial charge in [-0.15, -0.1) is 0 Å². The summed E-state index contributed by atoms with van der Waals surface area (Å²) >= 11 is 0. The summed E-state index contributed by atoms with van der Waals surface area (Å²) in [5.41, 5.74) is 6.26. The number of hydrazone groups is 1. The van der Waals surface area contributed by atoms with E-state index < -0.39 is 5.91 Å². The third kappa shape index (κ3) is 5.22. The minimum absolute atomic E-state index is 0.0223. The van der Waals surface area contributed by atoms with Gasteiger partial charge in [-0.25, -0.2) is 15.4 Å². The molecular weight excluding hydrogens is 416 g/mol. The van der Waals surface area contributed by atoms with Gasteiger partial charge in [0.2, 0.25) is 5.82 Å². The van der Waals surface area contributed by atoms with E-state index in [0.717, 1.165) is 11.1 Å². The van der Waals surface area contributed by atoms with E-state index in [2.05, 4.69) is 20.5 Å². The molecule has 0 spiro atoms. The maximum atomic E-state index is 12.9. The molecule has 4 aromatic rings. The molecule has 0 aliphatic carbocycles. The second kappa shape index (κ2) is 10.2. The van der Waals surface area contributed by atoms with E-state index in [0.29, 0.717) is 28.5 Å². The van der Waals surface area contributed by atoms with Gasteiger partial charge in [-0.3, -0.25) is 4.79 Å². The van der Waals surface area contributed by atoms with Crippen LogP contribution in [-0.2, 0) is 0 Å². The van der Waals surface area contributed by atoms with Crippen molar-refractivity contribution in [3.8, 4) is 34.0 Å². The third-order valence-corrected chi connectivity index (χ3v) is 4.88. The van der Waals surface area contributed by atoms with E-state index in [1.807, 2.05) is 66.7 Å². The van der Waals surface area contributed by atoms with Crippen LogP contribution in [0.15, 0.2) is 90.0 Å². The van der Waals surface area contributed by atoms with Crippen LogP contribution in [0.25, 0.3) is 22.5 Å². The molecule has 33 heavy (non-hydrogen) atoms. The molecule has 0 atom stereocenters. The number of ether oxygens (including phenoxy) is 2. The molecule has 1 amide bonds. The monoisotopic (exact) mass is 438 g/mol. The van der Waals surface area contributed by atoms with Gasteiger partial charge in [-0.2, -0.15) is 5.10 Å². The van der Waals surface area contributed by atoms with Crippen molar-refractivity contribution < 1.29 is 14.3 Å². The van der Waals surface area contributed by atoms with Crippen molar-refractivity contribution in [1.29, 1.82) is 0 Å². The summed E-state index contributed by atoms with van der Waals surface area (Å²) in [6.07, 6.45) is 1.50. The first-order chi connectivity index (χ1) is 16.2. The highest BCUT2D eigenvalue weighted by Crippen LogP contribution is 2.24. The number of rotatable bonds is 7. The first-order valence-corrected chi connectivity index (χ1v) is 10.2. The number of nitrogens with zero attached hydrogens (tertiary/aromatic N) is 3. The first-order valence-electron chi connectivity index (χ1n) is 10.2. The van der Waals surface area contributed by atoms with E-state index in [9.17, 15) is 4.79 Å². The molecule has 0 unspecified atom stereocenters. The average Bonchev–Trinajstić information content (AvgIpc) is 2.89. The topological polar surface area (TPSA) is 85.7 Å². The Morgan fingerprint density at radius 1 is 0.818 bits per heavy atom. The fourth-order valence-electron chi connectivity index (χ4n) is 3.20. The summed E-state index contributed by atoms with van der Waals surface area (Å²) in [6.45, 7) is 0. The van der Waals surface area contributed by atoms with Gasteiger partial charge in [0.05, 0.1) is 31.8 Å². The smallest absolute Gasteiger partial charge is 0.309 e. The van der Waals surface area contributed by atoms with E-state index in [-0.39, 0.29) is 5.82 Å². The SMILES string of the molecule is COc1ccc(/C=N/NC(=O)c2nc(-c3ccccc3)cc(-c3ccccc3)n2)c(OC)c1. The number of benzene rings is 3. The summed E-state index contributed by atoms with van der Waals surface area (Å²) in [7, 11) is 3.13. The van der Waals surface area contributed by atoms with Crippen LogP contribution in [0.1, 0.15) is 16.2 Å². The minimum Gasteiger partial charge on any atom is -0.497 e. The third-order valence-electron chi connectivity index (χ3n) is 4.88. The van der Waals surface area contributed by atoms with Gasteiger partial charge < -0.3 is 9.47 Å². The highest BCUT2D eigenvalue weighted by Gasteiger charge is 2.14. The zero-order valence-electron chi connectivity index (χ0n) is 18.2. The van der Waals surface area contributed by atoms with Crippen molar-refractivity contribution in [1.82, 2.24) is 15.4 Å². The van der Waals surface area contributed by atoms with Crippen LogP contribution >= 0.6 is 0 Å². The van der Waals surface area contributed by atoms with E-state index >= 15 is 0 Å². The zero-order valence-corrected chi connectivity index (χ0v) is 18.2. The van der Waals surface area contributed by atoms with Gasteiger partial charge in [0.25, 0.3) is 0 Å². The van der Waals surface area contributed by atoms with Crippen LogP contribution in [0.5, 0.6) is 11.5 Å². The lowest BCUT2D eigenvalue weighted by Gasteiger charge is -2.08. The quantitative estimate of drug-likeness (QED) is 0.337. The molecule has 0 saturated carbocycles. The second-order valence-electron chi connectivity index (χ2n) is 7.00. The predicted molar refractivity (Wildman–Crippen MR) is 128 cm³/mol. The largest absolute Gasteiger partial charge is 0.497 e. The Labute approximate surface area is 191 Å². The Kier molecular flexibility index (Phi) is 6.70. The summed E-state index contributed by atoms with van der Waals surface area (Å²) in [6, 6.07) is 26.5. The standard InChI is InChI=1S/C26H22N4O3/c1-32-21-14-13-20(24(15-21)33-2)17-27-30-26(31)25-28-22(18-9-5-3-6-10-18)16-23(29-25)19-11-7-4-8-12-19/h3-17H,1-2H3,(H,30,31)/b27-17+. The highest BCUT2D eigenvalue weighted by molar-refractivity contribution is 5.93. The van der Waals surface area contributed by atoms with Crippen LogP contribution in [-0.4, -0.2) is 36.3 Å². The lowest BCUT2D eigenvalue weighted by Crippen LogP contribution is -2.21. The molecule has 0 fully saturated rings. The zero-order chi connectivity index (χ0) is 23.0. The Morgan fingerprint density at radius 3 is 1.97 bits per heavy atom. The molecule has 7 nitrogen and oxygen atoms in total. The lowest BCUT2D eigenvalue weighted by molar-refractivity contribution is 0.0945. The molecule has 3 aromatic carbocycles. The fraction of sp³-hybridized carbons (Fsp3) is 0.0769. The van der Waals surface area contributed by atoms with E-state index in [4.69, 9.17) is 9.47 Å². The number of nitrogens with one attached hydrogen (secondary N) is 1. The molecule has 0 bridgehead atoms. The number of hydrogen-bond donors (Lipinski definition) is 1. The molecule has 1 N–H and O–H groups in total. The fourth-order valence-corrected chi connectivity index (χ4v) is 3.20. The normalized spacial score (nSPS) is 10.7. The maximum Gasteiger partial charge on any atom is 0.309 e. The number of amides is 1. The van der Waals surface area contributed by atoms with Gasteiger partial charge in [-0.1, -0.05) is 60.7 Å². The van der Waals surface area contributed by atoms with Gasteiger partial charge in [0.15, 0.2) is 0 Å². The van der Waals surface area contributed by atoms with Crippen LogP contribution in [0.2, 0.25) is 0 Å². The highest BCUT2D eigenvalue weighted by atomic mass is 16.5. The van der Waals surface area contributed by atoms with Gasteiger partial charge in [0, 0.05) is 22.8 Å². The van der Waals surface area contributed by atoms with E-state index in [1.165, 1.54) is 6.21 Å².